The molecule has 0 atom stereocenters. The first-order valence-corrected chi connectivity index (χ1v) is 8.14. The highest BCUT2D eigenvalue weighted by Gasteiger charge is 2.24. The molecule has 1 saturated heterocycles. The smallest absolute Gasteiger partial charge is 0.257 e. The number of rotatable bonds is 4. The number of hydrazine groups is 1. The van der Waals surface area contributed by atoms with E-state index >= 15 is 0 Å². The largest absolute Gasteiger partial charge is 0.495 e. The minimum Gasteiger partial charge on any atom is -0.495 e. The van der Waals surface area contributed by atoms with Crippen LogP contribution >= 0.6 is 0 Å². The van der Waals surface area contributed by atoms with E-state index in [9.17, 15) is 8.42 Å². The quantitative estimate of drug-likeness (QED) is 0.818. The summed E-state index contributed by atoms with van der Waals surface area (Å²) in [6.07, 6.45) is 3.13. The summed E-state index contributed by atoms with van der Waals surface area (Å²) in [6.45, 7) is 3.26. The zero-order valence-electron chi connectivity index (χ0n) is 11.8. The SMILES string of the molecule is COc1cc(C)c(N)cc1S(=O)(=O)NN1CCCCC1. The average molecular weight is 299 g/mol. The van der Waals surface area contributed by atoms with Gasteiger partial charge in [0.1, 0.15) is 10.6 Å². The highest BCUT2D eigenvalue weighted by atomic mass is 32.2. The average Bonchev–Trinajstić information content (AvgIpc) is 2.42. The molecule has 112 valence electrons. The van der Waals surface area contributed by atoms with Gasteiger partial charge in [0, 0.05) is 18.8 Å². The molecule has 7 heteroatoms. The standard InChI is InChI=1S/C13H21N3O3S/c1-10-8-12(19-2)13(9-11(10)14)20(17,18)15-16-6-4-3-5-7-16/h8-9,15H,3-7,14H2,1-2H3. The Kier molecular flexibility index (Phi) is 4.52. The van der Waals surface area contributed by atoms with Crippen molar-refractivity contribution in [2.45, 2.75) is 31.1 Å². The van der Waals surface area contributed by atoms with E-state index in [2.05, 4.69) is 4.83 Å². The third kappa shape index (κ3) is 3.23. The first kappa shape index (κ1) is 15.1. The lowest BCUT2D eigenvalue weighted by Crippen LogP contribution is -2.44. The van der Waals surface area contributed by atoms with E-state index in [-0.39, 0.29) is 4.90 Å². The summed E-state index contributed by atoms with van der Waals surface area (Å²) >= 11 is 0. The van der Waals surface area contributed by atoms with Crippen LogP contribution in [-0.4, -0.2) is 33.6 Å². The van der Waals surface area contributed by atoms with Gasteiger partial charge in [-0.2, -0.15) is 0 Å². The molecule has 1 aliphatic heterocycles. The summed E-state index contributed by atoms with van der Waals surface area (Å²) in [5.41, 5.74) is 7.04. The maximum Gasteiger partial charge on any atom is 0.257 e. The fourth-order valence-corrected chi connectivity index (χ4v) is 3.56. The molecule has 0 amide bonds. The summed E-state index contributed by atoms with van der Waals surface area (Å²) in [4.78, 5) is 2.68. The molecular weight excluding hydrogens is 278 g/mol. The van der Waals surface area contributed by atoms with Crippen LogP contribution < -0.4 is 15.3 Å². The molecule has 0 radical (unpaired) electrons. The van der Waals surface area contributed by atoms with Crippen molar-refractivity contribution in [3.63, 3.8) is 0 Å². The van der Waals surface area contributed by atoms with Crippen molar-refractivity contribution in [1.82, 2.24) is 9.84 Å². The van der Waals surface area contributed by atoms with E-state index in [0.29, 0.717) is 11.4 Å². The molecule has 0 bridgehead atoms. The molecule has 1 heterocycles. The Hall–Kier alpha value is -1.31. The zero-order chi connectivity index (χ0) is 14.8. The van der Waals surface area contributed by atoms with E-state index in [4.69, 9.17) is 10.5 Å². The summed E-state index contributed by atoms with van der Waals surface area (Å²) in [5, 5.41) is 1.73. The van der Waals surface area contributed by atoms with Gasteiger partial charge in [0.05, 0.1) is 7.11 Å². The van der Waals surface area contributed by atoms with E-state index in [1.54, 1.807) is 11.1 Å². The number of hydrogen-bond acceptors (Lipinski definition) is 5. The van der Waals surface area contributed by atoms with Crippen molar-refractivity contribution in [2.75, 3.05) is 25.9 Å². The second-order valence-electron chi connectivity index (χ2n) is 5.00. The number of aryl methyl sites for hydroxylation is 1. The van der Waals surface area contributed by atoms with Gasteiger partial charge < -0.3 is 10.5 Å². The summed E-state index contributed by atoms with van der Waals surface area (Å²) in [7, 11) is -2.22. The van der Waals surface area contributed by atoms with Crippen molar-refractivity contribution in [3.8, 4) is 5.75 Å². The number of anilines is 1. The molecule has 0 unspecified atom stereocenters. The first-order chi connectivity index (χ1) is 9.44. The maximum atomic E-state index is 12.5. The first-order valence-electron chi connectivity index (χ1n) is 6.65. The van der Waals surface area contributed by atoms with Gasteiger partial charge in [0.25, 0.3) is 10.0 Å². The van der Waals surface area contributed by atoms with Crippen molar-refractivity contribution in [2.24, 2.45) is 0 Å². The summed E-state index contributed by atoms with van der Waals surface area (Å²) in [6, 6.07) is 3.08. The molecule has 0 aliphatic carbocycles. The number of methoxy groups -OCH3 is 1. The normalized spacial score (nSPS) is 17.1. The van der Waals surface area contributed by atoms with Crippen LogP contribution in [0.5, 0.6) is 5.75 Å². The molecule has 1 aliphatic rings. The lowest BCUT2D eigenvalue weighted by molar-refractivity contribution is 0.199. The second kappa shape index (κ2) is 5.99. The Morgan fingerprint density at radius 3 is 2.50 bits per heavy atom. The molecule has 20 heavy (non-hydrogen) atoms. The number of ether oxygens (including phenoxy) is 1. The van der Waals surface area contributed by atoms with E-state index < -0.39 is 10.0 Å². The molecular formula is C13H21N3O3S. The van der Waals surface area contributed by atoms with Gasteiger partial charge in [0.15, 0.2) is 0 Å². The van der Waals surface area contributed by atoms with E-state index in [1.807, 2.05) is 6.92 Å². The van der Waals surface area contributed by atoms with Crippen LogP contribution in [0.25, 0.3) is 0 Å². The summed E-state index contributed by atoms with van der Waals surface area (Å²) in [5.74, 6) is 0.307. The topological polar surface area (TPSA) is 84.7 Å². The lowest BCUT2D eigenvalue weighted by Gasteiger charge is -2.27. The molecule has 0 aromatic heterocycles. The third-order valence-electron chi connectivity index (χ3n) is 3.45. The molecule has 3 N–H and O–H groups in total. The zero-order valence-corrected chi connectivity index (χ0v) is 12.7. The molecule has 1 fully saturated rings. The van der Waals surface area contributed by atoms with E-state index in [1.165, 1.54) is 13.2 Å². The van der Waals surface area contributed by atoms with Crippen LogP contribution in [0.3, 0.4) is 0 Å². The number of piperidine rings is 1. The highest BCUT2D eigenvalue weighted by Crippen LogP contribution is 2.29. The Bertz CT molecular complexity index is 581. The summed E-state index contributed by atoms with van der Waals surface area (Å²) < 4.78 is 30.1. The predicted molar refractivity (Wildman–Crippen MR) is 77.9 cm³/mol. The van der Waals surface area contributed by atoms with Crippen molar-refractivity contribution in [1.29, 1.82) is 0 Å². The van der Waals surface area contributed by atoms with Gasteiger partial charge >= 0.3 is 0 Å². The van der Waals surface area contributed by atoms with Gasteiger partial charge in [-0.15, -0.1) is 4.83 Å². The van der Waals surface area contributed by atoms with Gasteiger partial charge in [-0.1, -0.05) is 6.42 Å². The molecule has 1 aromatic rings. The van der Waals surface area contributed by atoms with Gasteiger partial charge in [-0.25, -0.2) is 13.4 Å². The Morgan fingerprint density at radius 2 is 1.90 bits per heavy atom. The Balaban J connectivity index is 2.30. The minimum atomic E-state index is -3.67. The number of sulfonamides is 1. The van der Waals surface area contributed by atoms with Crippen LogP contribution in [0.15, 0.2) is 17.0 Å². The molecule has 0 spiro atoms. The minimum absolute atomic E-state index is 0.0775. The Labute approximate surface area is 119 Å². The van der Waals surface area contributed by atoms with Gasteiger partial charge in [-0.05, 0) is 37.5 Å². The van der Waals surface area contributed by atoms with Crippen molar-refractivity contribution in [3.05, 3.63) is 17.7 Å². The fourth-order valence-electron chi connectivity index (χ4n) is 2.25. The van der Waals surface area contributed by atoms with Crippen LogP contribution in [0.1, 0.15) is 24.8 Å². The maximum absolute atomic E-state index is 12.5. The highest BCUT2D eigenvalue weighted by molar-refractivity contribution is 7.89. The van der Waals surface area contributed by atoms with Crippen LogP contribution in [0.2, 0.25) is 0 Å². The predicted octanol–water partition coefficient (Wildman–Crippen LogP) is 1.27. The van der Waals surface area contributed by atoms with Crippen LogP contribution in [0.4, 0.5) is 5.69 Å². The lowest BCUT2D eigenvalue weighted by atomic mass is 10.2. The fraction of sp³-hybridized carbons (Fsp3) is 0.538. The second-order valence-corrected chi connectivity index (χ2v) is 6.63. The van der Waals surface area contributed by atoms with Crippen LogP contribution in [0, 0.1) is 6.92 Å². The molecule has 6 nitrogen and oxygen atoms in total. The van der Waals surface area contributed by atoms with Gasteiger partial charge in [0.2, 0.25) is 0 Å². The number of nitrogen functional groups attached to an aromatic ring is 1. The van der Waals surface area contributed by atoms with Crippen molar-refractivity contribution < 1.29 is 13.2 Å². The third-order valence-corrected chi connectivity index (χ3v) is 4.84. The number of benzene rings is 1. The molecule has 2 rings (SSSR count). The molecule has 1 aromatic carbocycles. The van der Waals surface area contributed by atoms with Gasteiger partial charge in [-0.3, -0.25) is 0 Å². The Morgan fingerprint density at radius 1 is 1.25 bits per heavy atom. The van der Waals surface area contributed by atoms with Crippen molar-refractivity contribution >= 4 is 15.7 Å². The number of nitrogens with zero attached hydrogens (tertiary/aromatic N) is 1. The van der Waals surface area contributed by atoms with Crippen LogP contribution in [-0.2, 0) is 10.0 Å². The number of nitrogens with one attached hydrogen (secondary N) is 1. The van der Waals surface area contributed by atoms with E-state index in [0.717, 1.165) is 37.9 Å². The number of hydrogen-bond donors (Lipinski definition) is 2. The molecule has 0 saturated carbocycles. The monoisotopic (exact) mass is 299 g/mol. The number of nitrogens with two attached hydrogens (primary N) is 1.